The van der Waals surface area contributed by atoms with Gasteiger partial charge < -0.3 is 14.0 Å². The first-order valence-corrected chi connectivity index (χ1v) is 18.7. The van der Waals surface area contributed by atoms with E-state index in [9.17, 15) is 26.0 Å². The first kappa shape index (κ1) is 35.0. The predicted octanol–water partition coefficient (Wildman–Crippen LogP) is 7.82. The van der Waals surface area contributed by atoms with Gasteiger partial charge in [0, 0.05) is 19.8 Å². The Labute approximate surface area is 277 Å². The van der Waals surface area contributed by atoms with Crippen LogP contribution in [0.15, 0.2) is 84.9 Å². The van der Waals surface area contributed by atoms with Gasteiger partial charge in [0.15, 0.2) is 11.1 Å². The monoisotopic (exact) mass is 683 g/mol. The van der Waals surface area contributed by atoms with Gasteiger partial charge in [-0.2, -0.15) is 0 Å². The highest BCUT2D eigenvalue weighted by Crippen LogP contribution is 2.50. The molecule has 2 N–H and O–H groups in total. The van der Waals surface area contributed by atoms with E-state index in [1.807, 2.05) is 43.3 Å². The third-order valence-electron chi connectivity index (χ3n) is 8.10. The number of halogens is 2. The van der Waals surface area contributed by atoms with E-state index < -0.39 is 33.3 Å². The van der Waals surface area contributed by atoms with Gasteiger partial charge in [0.05, 0.1) is 11.5 Å². The van der Waals surface area contributed by atoms with Gasteiger partial charge in [-0.05, 0) is 100 Å². The van der Waals surface area contributed by atoms with Crippen LogP contribution in [0.1, 0.15) is 55.9 Å². The Balaban J connectivity index is 1.53. The summed E-state index contributed by atoms with van der Waals surface area (Å²) in [6, 6.07) is 24.3. The fourth-order valence-corrected chi connectivity index (χ4v) is 7.20. The summed E-state index contributed by atoms with van der Waals surface area (Å²) in [7, 11) is -3.46. The van der Waals surface area contributed by atoms with E-state index in [1.165, 1.54) is 24.3 Å². The minimum absolute atomic E-state index is 0.0505. The zero-order valence-corrected chi connectivity index (χ0v) is 27.8. The van der Waals surface area contributed by atoms with Crippen molar-refractivity contribution in [2.24, 2.45) is 0 Å². The van der Waals surface area contributed by atoms with E-state index in [1.54, 1.807) is 24.3 Å². The highest BCUT2D eigenvalue weighted by molar-refractivity contribution is 7.89. The van der Waals surface area contributed by atoms with Crippen LogP contribution >= 0.6 is 0 Å². The molecule has 7 nitrogen and oxygen atoms in total. The van der Waals surface area contributed by atoms with Crippen LogP contribution < -0.4 is 4.72 Å². The molecule has 0 saturated carbocycles. The summed E-state index contributed by atoms with van der Waals surface area (Å²) in [4.78, 5) is 0. The van der Waals surface area contributed by atoms with Crippen molar-refractivity contribution in [3.05, 3.63) is 108 Å². The van der Waals surface area contributed by atoms with Crippen LogP contribution in [0.4, 0.5) is 8.78 Å². The zero-order valence-electron chi connectivity index (χ0n) is 26.2. The van der Waals surface area contributed by atoms with Crippen molar-refractivity contribution in [2.45, 2.75) is 44.8 Å². The van der Waals surface area contributed by atoms with Crippen LogP contribution in [-0.2, 0) is 30.6 Å². The van der Waals surface area contributed by atoms with Gasteiger partial charge >= 0.3 is 0 Å². The number of benzene rings is 4. The van der Waals surface area contributed by atoms with Crippen molar-refractivity contribution < 1.29 is 35.4 Å². The molecular weight excluding hydrogens is 645 g/mol. The van der Waals surface area contributed by atoms with Gasteiger partial charge in [-0.1, -0.05) is 61.9 Å². The molecule has 5 rings (SSSR count). The standard InChI is InChI=1S/C36H39F2NO6S2/c1-2-3-18-39-47(42,43)22-5-20-45-36-34-24-28(26-8-14-30(38)15-9-26)11-17-32(34)31-16-10-27(25-6-12-29(37)13-7-25)23-33(31)35(36)44-19-4-21-46(40)41/h6-17,23-24,35-36,39H,2-5,18-22H2,1H3,(H,40,41). The summed E-state index contributed by atoms with van der Waals surface area (Å²) in [5.41, 5.74) is 6.81. The molecule has 0 radical (unpaired) electrons. The molecule has 11 heteroatoms. The topological polar surface area (TPSA) is 102 Å². The Hall–Kier alpha value is -3.32. The summed E-state index contributed by atoms with van der Waals surface area (Å²) in [5.74, 6) is -0.716. The summed E-state index contributed by atoms with van der Waals surface area (Å²) in [6.07, 6.45) is 0.928. The minimum atomic E-state index is -3.46. The number of fused-ring (bicyclic) bond motifs is 3. The smallest absolute Gasteiger partial charge is 0.211 e. The molecule has 0 saturated heterocycles. The fraction of sp³-hybridized carbons (Fsp3) is 0.333. The molecule has 250 valence electrons. The van der Waals surface area contributed by atoms with Crippen LogP contribution in [-0.4, -0.2) is 48.4 Å². The second kappa shape index (κ2) is 16.2. The molecule has 0 aromatic heterocycles. The summed E-state index contributed by atoms with van der Waals surface area (Å²) in [5, 5.41) is 0. The molecule has 0 aliphatic heterocycles. The maximum atomic E-state index is 13.7. The molecule has 4 aromatic carbocycles. The third kappa shape index (κ3) is 9.19. The van der Waals surface area contributed by atoms with Gasteiger partial charge in [0.1, 0.15) is 23.8 Å². The molecule has 0 heterocycles. The molecule has 0 fully saturated rings. The summed E-state index contributed by atoms with van der Waals surface area (Å²) >= 11 is -1.97. The summed E-state index contributed by atoms with van der Waals surface area (Å²) in [6.45, 7) is 2.70. The number of sulfonamides is 1. The van der Waals surface area contributed by atoms with Crippen LogP contribution in [0.5, 0.6) is 0 Å². The fourth-order valence-electron chi connectivity index (χ4n) is 5.74. The highest BCUT2D eigenvalue weighted by Gasteiger charge is 2.36. The Morgan fingerprint density at radius 2 is 1.19 bits per heavy atom. The lowest BCUT2D eigenvalue weighted by Crippen LogP contribution is -2.28. The predicted molar refractivity (Wildman–Crippen MR) is 182 cm³/mol. The lowest BCUT2D eigenvalue weighted by molar-refractivity contribution is -0.0788. The molecule has 0 amide bonds. The lowest BCUT2D eigenvalue weighted by atomic mass is 9.79. The van der Waals surface area contributed by atoms with Crippen LogP contribution in [0.3, 0.4) is 0 Å². The van der Waals surface area contributed by atoms with Crippen LogP contribution in [0.25, 0.3) is 33.4 Å². The Kier molecular flexibility index (Phi) is 12.1. The van der Waals surface area contributed by atoms with Gasteiger partial charge in [-0.25, -0.2) is 26.1 Å². The van der Waals surface area contributed by atoms with Gasteiger partial charge in [-0.15, -0.1) is 0 Å². The lowest BCUT2D eigenvalue weighted by Gasteiger charge is -2.36. The third-order valence-corrected chi connectivity index (χ3v) is 10.2. The second-order valence-electron chi connectivity index (χ2n) is 11.5. The first-order valence-electron chi connectivity index (χ1n) is 15.7. The normalized spacial score (nSPS) is 16.4. The van der Waals surface area contributed by atoms with Crippen molar-refractivity contribution in [3.63, 3.8) is 0 Å². The molecule has 1 aliphatic carbocycles. The van der Waals surface area contributed by atoms with Gasteiger partial charge in [0.2, 0.25) is 10.0 Å². The maximum Gasteiger partial charge on any atom is 0.211 e. The zero-order chi connectivity index (χ0) is 33.4. The van der Waals surface area contributed by atoms with Crippen LogP contribution in [0, 0.1) is 11.6 Å². The second-order valence-corrected chi connectivity index (χ2v) is 14.5. The average molecular weight is 684 g/mol. The Bertz CT molecular complexity index is 1780. The van der Waals surface area contributed by atoms with E-state index >= 15 is 0 Å². The molecule has 1 aliphatic rings. The van der Waals surface area contributed by atoms with E-state index in [0.717, 1.165) is 57.3 Å². The molecule has 3 atom stereocenters. The first-order chi connectivity index (χ1) is 22.6. The molecule has 3 unspecified atom stereocenters. The molecule has 4 aromatic rings. The molecular formula is C36H39F2NO6S2. The number of nitrogens with one attached hydrogen (secondary N) is 1. The Morgan fingerprint density at radius 3 is 1.66 bits per heavy atom. The largest absolute Gasteiger partial charge is 0.370 e. The number of hydrogen-bond acceptors (Lipinski definition) is 5. The van der Waals surface area contributed by atoms with Crippen LogP contribution in [0.2, 0.25) is 0 Å². The van der Waals surface area contributed by atoms with Crippen molar-refractivity contribution >= 4 is 21.1 Å². The van der Waals surface area contributed by atoms with Gasteiger partial charge in [0.25, 0.3) is 0 Å². The molecule has 0 bridgehead atoms. The number of ether oxygens (including phenoxy) is 2. The van der Waals surface area contributed by atoms with Crippen molar-refractivity contribution in [1.82, 2.24) is 4.72 Å². The number of unbranched alkanes of at least 4 members (excludes halogenated alkanes) is 1. The van der Waals surface area contributed by atoms with E-state index in [2.05, 4.69) is 4.72 Å². The molecule has 0 spiro atoms. The number of rotatable bonds is 16. The SMILES string of the molecule is CCCCNS(=O)(=O)CCCOC1c2cc(-c3ccc(F)cc3)ccc2-c2ccc(-c3ccc(F)cc3)cc2C1OCCCS(=O)O. The van der Waals surface area contributed by atoms with Gasteiger partial charge in [-0.3, -0.25) is 0 Å². The quantitative estimate of drug-likeness (QED) is 0.0923. The average Bonchev–Trinajstić information content (AvgIpc) is 3.05. The minimum Gasteiger partial charge on any atom is -0.370 e. The maximum absolute atomic E-state index is 13.7. The van der Waals surface area contributed by atoms with E-state index in [-0.39, 0.29) is 42.8 Å². The number of hydrogen-bond donors (Lipinski definition) is 2. The highest BCUT2D eigenvalue weighted by atomic mass is 32.2. The van der Waals surface area contributed by atoms with Crippen molar-refractivity contribution in [3.8, 4) is 33.4 Å². The van der Waals surface area contributed by atoms with E-state index in [0.29, 0.717) is 13.0 Å². The van der Waals surface area contributed by atoms with E-state index in [4.69, 9.17) is 9.47 Å². The Morgan fingerprint density at radius 1 is 0.723 bits per heavy atom. The van der Waals surface area contributed by atoms with Crippen molar-refractivity contribution in [2.75, 3.05) is 31.3 Å². The summed E-state index contributed by atoms with van der Waals surface area (Å²) < 4.78 is 88.8. The molecule has 47 heavy (non-hydrogen) atoms. The van der Waals surface area contributed by atoms with Crippen molar-refractivity contribution in [1.29, 1.82) is 0 Å².